The molecule has 0 heterocycles. The van der Waals surface area contributed by atoms with E-state index in [4.69, 9.17) is 10.5 Å². The Morgan fingerprint density at radius 2 is 1.86 bits per heavy atom. The van der Waals surface area contributed by atoms with Gasteiger partial charge in [0.2, 0.25) is 5.91 Å². The predicted octanol–water partition coefficient (Wildman–Crippen LogP) is 1.10. The van der Waals surface area contributed by atoms with E-state index < -0.39 is 15.4 Å². The highest BCUT2D eigenvalue weighted by Crippen LogP contribution is 2.16. The molecular formula is C15H24N2O4S. The molecule has 0 saturated heterocycles. The van der Waals surface area contributed by atoms with E-state index in [1.165, 1.54) is 12.1 Å². The molecule has 0 aromatic heterocycles. The molecule has 0 aliphatic rings. The average Bonchev–Trinajstić information content (AvgIpc) is 2.43. The quantitative estimate of drug-likeness (QED) is 0.696. The highest BCUT2D eigenvalue weighted by atomic mass is 32.2. The van der Waals surface area contributed by atoms with Gasteiger partial charge in [-0.25, -0.2) is 8.42 Å². The predicted molar refractivity (Wildman–Crippen MR) is 85.6 cm³/mol. The van der Waals surface area contributed by atoms with E-state index in [2.05, 4.69) is 5.32 Å². The number of carbonyl (C=O) groups excluding carboxylic acids is 1. The Morgan fingerprint density at radius 3 is 2.36 bits per heavy atom. The van der Waals surface area contributed by atoms with Crippen molar-refractivity contribution in [1.29, 1.82) is 0 Å². The summed E-state index contributed by atoms with van der Waals surface area (Å²) in [6.07, 6.45) is 2.08. The maximum atomic E-state index is 11.7. The van der Waals surface area contributed by atoms with Gasteiger partial charge in [-0.05, 0) is 44.5 Å². The van der Waals surface area contributed by atoms with Gasteiger partial charge >= 0.3 is 0 Å². The van der Waals surface area contributed by atoms with E-state index in [0.717, 1.165) is 6.26 Å². The van der Waals surface area contributed by atoms with E-state index in [1.807, 2.05) is 13.8 Å². The summed E-state index contributed by atoms with van der Waals surface area (Å²) in [5.41, 5.74) is 5.14. The standard InChI is InChI=1S/C15H24N2O4S/c1-15(2,11-16)17-14(18)5-4-10-21-12-6-8-13(9-7-12)22(3,19)20/h6-9H,4-5,10-11,16H2,1-3H3,(H,17,18). The lowest BCUT2D eigenvalue weighted by molar-refractivity contribution is -0.122. The Labute approximate surface area is 132 Å². The van der Waals surface area contributed by atoms with E-state index in [-0.39, 0.29) is 10.8 Å². The van der Waals surface area contributed by atoms with Crippen LogP contribution in [0.1, 0.15) is 26.7 Å². The highest BCUT2D eigenvalue weighted by molar-refractivity contribution is 7.90. The van der Waals surface area contributed by atoms with Gasteiger partial charge in [0.05, 0.1) is 11.5 Å². The fourth-order valence-corrected chi connectivity index (χ4v) is 2.33. The van der Waals surface area contributed by atoms with E-state index in [9.17, 15) is 13.2 Å². The molecule has 1 amide bonds. The van der Waals surface area contributed by atoms with E-state index in [1.54, 1.807) is 12.1 Å². The first kappa shape index (κ1) is 18.4. The summed E-state index contributed by atoms with van der Waals surface area (Å²) in [5.74, 6) is 0.515. The number of rotatable bonds is 8. The summed E-state index contributed by atoms with van der Waals surface area (Å²) in [5, 5.41) is 2.84. The summed E-state index contributed by atoms with van der Waals surface area (Å²) < 4.78 is 28.1. The van der Waals surface area contributed by atoms with Gasteiger partial charge in [-0.2, -0.15) is 0 Å². The highest BCUT2D eigenvalue weighted by Gasteiger charge is 2.17. The normalized spacial score (nSPS) is 12.0. The van der Waals surface area contributed by atoms with Crippen LogP contribution < -0.4 is 15.8 Å². The summed E-state index contributed by atoms with van der Waals surface area (Å²) in [4.78, 5) is 11.9. The van der Waals surface area contributed by atoms with Crippen LogP contribution in [0.4, 0.5) is 0 Å². The van der Waals surface area contributed by atoms with Crippen molar-refractivity contribution in [3.63, 3.8) is 0 Å². The minimum atomic E-state index is -3.19. The monoisotopic (exact) mass is 328 g/mol. The third kappa shape index (κ3) is 6.44. The zero-order valence-corrected chi connectivity index (χ0v) is 14.1. The number of benzene rings is 1. The minimum Gasteiger partial charge on any atom is -0.494 e. The number of hydrogen-bond acceptors (Lipinski definition) is 5. The fourth-order valence-electron chi connectivity index (χ4n) is 1.70. The van der Waals surface area contributed by atoms with Gasteiger partial charge in [0, 0.05) is 24.8 Å². The van der Waals surface area contributed by atoms with Crippen molar-refractivity contribution in [1.82, 2.24) is 5.32 Å². The third-order valence-electron chi connectivity index (χ3n) is 3.06. The van der Waals surface area contributed by atoms with Gasteiger partial charge in [0.25, 0.3) is 0 Å². The van der Waals surface area contributed by atoms with Crippen LogP contribution in [0.25, 0.3) is 0 Å². The van der Waals surface area contributed by atoms with Crippen molar-refractivity contribution in [2.45, 2.75) is 37.1 Å². The minimum absolute atomic E-state index is 0.0634. The number of sulfone groups is 1. The lowest BCUT2D eigenvalue weighted by Crippen LogP contribution is -2.48. The zero-order chi connectivity index (χ0) is 16.8. The molecule has 3 N–H and O–H groups in total. The molecule has 0 radical (unpaired) electrons. The Bertz CT molecular complexity index is 594. The second kappa shape index (κ2) is 7.60. The average molecular weight is 328 g/mol. The number of carbonyl (C=O) groups is 1. The lowest BCUT2D eigenvalue weighted by atomic mass is 10.1. The third-order valence-corrected chi connectivity index (χ3v) is 4.19. The number of amides is 1. The van der Waals surface area contributed by atoms with E-state index >= 15 is 0 Å². The first-order chi connectivity index (χ1) is 10.1. The molecular weight excluding hydrogens is 304 g/mol. The topological polar surface area (TPSA) is 98.5 Å². The van der Waals surface area contributed by atoms with Crippen LogP contribution >= 0.6 is 0 Å². The maximum Gasteiger partial charge on any atom is 0.220 e. The summed E-state index contributed by atoms with van der Waals surface area (Å²) in [6.45, 7) is 4.49. The first-order valence-corrected chi connectivity index (χ1v) is 8.97. The fraction of sp³-hybridized carbons (Fsp3) is 0.533. The molecule has 1 aromatic rings. The molecule has 6 nitrogen and oxygen atoms in total. The lowest BCUT2D eigenvalue weighted by Gasteiger charge is -2.24. The van der Waals surface area contributed by atoms with Gasteiger partial charge < -0.3 is 15.8 Å². The van der Waals surface area contributed by atoms with Gasteiger partial charge in [-0.3, -0.25) is 4.79 Å². The molecule has 7 heteroatoms. The van der Waals surface area contributed by atoms with Gasteiger partial charge in [0.15, 0.2) is 9.84 Å². The molecule has 0 bridgehead atoms. The second-order valence-electron chi connectivity index (χ2n) is 5.83. The molecule has 22 heavy (non-hydrogen) atoms. The van der Waals surface area contributed by atoms with Crippen LogP contribution in [0, 0.1) is 0 Å². The number of hydrogen-bond donors (Lipinski definition) is 2. The van der Waals surface area contributed by atoms with Gasteiger partial charge in [0.1, 0.15) is 5.75 Å². The molecule has 0 unspecified atom stereocenters. The molecule has 0 aliphatic heterocycles. The van der Waals surface area contributed by atoms with Crippen LogP contribution in [0.3, 0.4) is 0 Å². The summed E-state index contributed by atoms with van der Waals surface area (Å²) in [6, 6.07) is 6.21. The summed E-state index contributed by atoms with van der Waals surface area (Å²) >= 11 is 0. The van der Waals surface area contributed by atoms with Gasteiger partial charge in [-0.15, -0.1) is 0 Å². The number of ether oxygens (including phenoxy) is 1. The Hall–Kier alpha value is -1.60. The van der Waals surface area contributed by atoms with Crippen LogP contribution in [-0.4, -0.2) is 39.3 Å². The van der Waals surface area contributed by atoms with Crippen LogP contribution in [0.5, 0.6) is 5.75 Å². The van der Waals surface area contributed by atoms with Crippen molar-refractivity contribution in [3.8, 4) is 5.75 Å². The Morgan fingerprint density at radius 1 is 1.27 bits per heavy atom. The van der Waals surface area contributed by atoms with Crippen molar-refractivity contribution >= 4 is 15.7 Å². The molecule has 1 aromatic carbocycles. The van der Waals surface area contributed by atoms with E-state index in [0.29, 0.717) is 31.7 Å². The van der Waals surface area contributed by atoms with Crippen LogP contribution in [0.15, 0.2) is 29.2 Å². The maximum absolute atomic E-state index is 11.7. The Kier molecular flexibility index (Phi) is 6.37. The molecule has 0 atom stereocenters. The van der Waals surface area contributed by atoms with Crippen LogP contribution in [0.2, 0.25) is 0 Å². The molecule has 0 fully saturated rings. The van der Waals surface area contributed by atoms with Crippen molar-refractivity contribution < 1.29 is 17.9 Å². The second-order valence-corrected chi connectivity index (χ2v) is 7.85. The van der Waals surface area contributed by atoms with Crippen molar-refractivity contribution in [2.75, 3.05) is 19.4 Å². The molecule has 1 rings (SSSR count). The van der Waals surface area contributed by atoms with Gasteiger partial charge in [-0.1, -0.05) is 0 Å². The van der Waals surface area contributed by atoms with Crippen molar-refractivity contribution in [2.24, 2.45) is 5.73 Å². The largest absolute Gasteiger partial charge is 0.494 e. The Balaban J connectivity index is 2.35. The van der Waals surface area contributed by atoms with Crippen molar-refractivity contribution in [3.05, 3.63) is 24.3 Å². The number of nitrogens with one attached hydrogen (secondary N) is 1. The molecule has 0 spiro atoms. The smallest absolute Gasteiger partial charge is 0.220 e. The molecule has 0 aliphatic carbocycles. The van der Waals surface area contributed by atoms with Crippen LogP contribution in [-0.2, 0) is 14.6 Å². The summed E-state index contributed by atoms with van der Waals surface area (Å²) in [7, 11) is -3.19. The molecule has 124 valence electrons. The first-order valence-electron chi connectivity index (χ1n) is 7.08. The SMILES string of the molecule is CC(C)(CN)NC(=O)CCCOc1ccc(S(C)(=O)=O)cc1. The number of nitrogens with two attached hydrogens (primary N) is 1. The zero-order valence-electron chi connectivity index (χ0n) is 13.3. The molecule has 0 saturated carbocycles.